The molecule has 9 heteroatoms. The first-order valence-corrected chi connectivity index (χ1v) is 8.69. The summed E-state index contributed by atoms with van der Waals surface area (Å²) >= 11 is 5.82. The number of hydrogen-bond donors (Lipinski definition) is 2. The fourth-order valence-electron chi connectivity index (χ4n) is 2.76. The first-order valence-electron chi connectivity index (χ1n) is 8.31. The van der Waals surface area contributed by atoms with Crippen LogP contribution in [-0.4, -0.2) is 29.8 Å². The van der Waals surface area contributed by atoms with Crippen LogP contribution in [-0.2, 0) is 13.6 Å². The molecule has 1 aromatic carbocycles. The number of anilines is 2. The van der Waals surface area contributed by atoms with Gasteiger partial charge in [0.2, 0.25) is 5.28 Å². The molecule has 0 aliphatic carbocycles. The number of nitrogens with one attached hydrogen (secondary N) is 1. The highest BCUT2D eigenvalue weighted by Gasteiger charge is 2.17. The topological polar surface area (TPSA) is 109 Å². The summed E-state index contributed by atoms with van der Waals surface area (Å²) in [4.78, 5) is 20.4. The summed E-state index contributed by atoms with van der Waals surface area (Å²) in [5.74, 6) is 0.290. The van der Waals surface area contributed by atoms with Crippen molar-refractivity contribution in [2.75, 3.05) is 5.32 Å². The molecule has 8 nitrogen and oxygen atoms in total. The molecule has 0 aliphatic rings. The first kappa shape index (κ1) is 18.9. The molecule has 0 atom stereocenters. The molecular formula is C18H19ClN6O2. The van der Waals surface area contributed by atoms with E-state index in [1.54, 1.807) is 42.2 Å². The van der Waals surface area contributed by atoms with Crippen LogP contribution in [0, 0.1) is 11.3 Å². The second kappa shape index (κ2) is 7.02. The Hall–Kier alpha value is -2.89. The lowest BCUT2D eigenvalue weighted by molar-refractivity contribution is 0.0662. The Morgan fingerprint density at radius 2 is 2.11 bits per heavy atom. The molecule has 2 heterocycles. The van der Waals surface area contributed by atoms with E-state index in [9.17, 15) is 15.2 Å². The van der Waals surface area contributed by atoms with Crippen molar-refractivity contribution in [2.45, 2.75) is 32.4 Å². The number of fused-ring (bicyclic) bond motifs is 1. The standard InChI is InChI=1S/C18H19ClN6O2/c1-18(2,27)6-7-25-14-8-12(4-5-13(14)24(3)17(25)26)22-15-11(9-20)10-21-16(19)23-15/h4-5,8,10,27H,6-7H2,1-3H3,(H,21,22,23). The summed E-state index contributed by atoms with van der Waals surface area (Å²) in [6.45, 7) is 3.79. The minimum Gasteiger partial charge on any atom is -0.390 e. The Morgan fingerprint density at radius 3 is 2.78 bits per heavy atom. The van der Waals surface area contributed by atoms with Crippen molar-refractivity contribution in [1.82, 2.24) is 19.1 Å². The van der Waals surface area contributed by atoms with Gasteiger partial charge in [0.15, 0.2) is 5.82 Å². The van der Waals surface area contributed by atoms with E-state index in [2.05, 4.69) is 15.3 Å². The lowest BCUT2D eigenvalue weighted by atomic mass is 10.1. The zero-order valence-corrected chi connectivity index (χ0v) is 15.9. The average Bonchev–Trinajstić information content (AvgIpc) is 2.83. The number of nitrogens with zero attached hydrogens (tertiary/aromatic N) is 5. The van der Waals surface area contributed by atoms with Crippen LogP contribution < -0.4 is 11.0 Å². The maximum Gasteiger partial charge on any atom is 0.328 e. The Morgan fingerprint density at radius 1 is 1.37 bits per heavy atom. The van der Waals surface area contributed by atoms with Crippen LogP contribution >= 0.6 is 11.6 Å². The number of nitriles is 1. The highest BCUT2D eigenvalue weighted by atomic mass is 35.5. The van der Waals surface area contributed by atoms with Crippen molar-refractivity contribution in [2.24, 2.45) is 7.05 Å². The van der Waals surface area contributed by atoms with Crippen molar-refractivity contribution in [3.8, 4) is 6.07 Å². The number of hydrogen-bond acceptors (Lipinski definition) is 6. The predicted molar refractivity (Wildman–Crippen MR) is 103 cm³/mol. The molecule has 0 radical (unpaired) electrons. The summed E-state index contributed by atoms with van der Waals surface area (Å²) < 4.78 is 3.18. The minimum atomic E-state index is -0.878. The fourth-order valence-corrected chi connectivity index (χ4v) is 2.90. The van der Waals surface area contributed by atoms with E-state index in [4.69, 9.17) is 11.6 Å². The molecule has 0 saturated heterocycles. The van der Waals surface area contributed by atoms with Gasteiger partial charge >= 0.3 is 5.69 Å². The van der Waals surface area contributed by atoms with E-state index in [-0.39, 0.29) is 22.4 Å². The lowest BCUT2D eigenvalue weighted by Crippen LogP contribution is -2.27. The van der Waals surface area contributed by atoms with E-state index >= 15 is 0 Å². The van der Waals surface area contributed by atoms with Gasteiger partial charge in [-0.05, 0) is 50.1 Å². The second-order valence-corrected chi connectivity index (χ2v) is 7.24. The van der Waals surface area contributed by atoms with Gasteiger partial charge in [0.05, 0.1) is 22.8 Å². The number of imidazole rings is 1. The van der Waals surface area contributed by atoms with Crippen LogP contribution in [0.25, 0.3) is 11.0 Å². The van der Waals surface area contributed by atoms with Gasteiger partial charge in [-0.15, -0.1) is 0 Å². The normalized spacial score (nSPS) is 11.6. The van der Waals surface area contributed by atoms with Gasteiger partial charge in [-0.1, -0.05) is 0 Å². The quantitative estimate of drug-likeness (QED) is 0.652. The fraction of sp³-hybridized carbons (Fsp3) is 0.333. The number of rotatable bonds is 5. The summed E-state index contributed by atoms with van der Waals surface area (Å²) in [7, 11) is 1.70. The molecular weight excluding hydrogens is 368 g/mol. The number of benzene rings is 1. The van der Waals surface area contributed by atoms with Crippen LogP contribution in [0.5, 0.6) is 0 Å². The molecule has 0 unspecified atom stereocenters. The van der Waals surface area contributed by atoms with Crippen molar-refractivity contribution in [1.29, 1.82) is 5.26 Å². The lowest BCUT2D eigenvalue weighted by Gasteiger charge is -2.17. The predicted octanol–water partition coefficient (Wildman–Crippen LogP) is 2.56. The first-order chi connectivity index (χ1) is 12.7. The molecule has 2 aromatic heterocycles. The van der Waals surface area contributed by atoms with E-state index < -0.39 is 5.60 Å². The summed E-state index contributed by atoms with van der Waals surface area (Å²) in [5, 5.41) is 22.3. The van der Waals surface area contributed by atoms with E-state index in [1.807, 2.05) is 12.1 Å². The minimum absolute atomic E-state index is 0.0272. The van der Waals surface area contributed by atoms with Gasteiger partial charge < -0.3 is 10.4 Å². The monoisotopic (exact) mass is 386 g/mol. The highest BCUT2D eigenvalue weighted by Crippen LogP contribution is 2.24. The van der Waals surface area contributed by atoms with E-state index in [1.165, 1.54) is 6.20 Å². The molecule has 3 aromatic rings. The van der Waals surface area contributed by atoms with Crippen LogP contribution in [0.4, 0.5) is 11.5 Å². The Labute approximate surface area is 160 Å². The number of aromatic nitrogens is 4. The molecule has 0 bridgehead atoms. The smallest absolute Gasteiger partial charge is 0.328 e. The van der Waals surface area contributed by atoms with Crippen molar-refractivity contribution >= 4 is 34.1 Å². The Kier molecular flexibility index (Phi) is 4.91. The molecule has 27 heavy (non-hydrogen) atoms. The summed E-state index contributed by atoms with van der Waals surface area (Å²) in [5.41, 5.74) is 1.35. The molecule has 0 spiro atoms. The number of aliphatic hydroxyl groups is 1. The molecule has 0 aliphatic heterocycles. The van der Waals surface area contributed by atoms with Crippen LogP contribution in [0.15, 0.2) is 29.2 Å². The molecule has 2 N–H and O–H groups in total. The number of halogens is 1. The molecule has 3 rings (SSSR count). The van der Waals surface area contributed by atoms with E-state index in [0.29, 0.717) is 18.7 Å². The SMILES string of the molecule is Cn1c(=O)n(CCC(C)(C)O)c2cc(Nc3nc(Cl)ncc3C#N)ccc21. The van der Waals surface area contributed by atoms with Crippen LogP contribution in [0.1, 0.15) is 25.8 Å². The third-order valence-corrected chi connectivity index (χ3v) is 4.42. The zero-order chi connectivity index (χ0) is 19.8. The maximum atomic E-state index is 12.6. The zero-order valence-electron chi connectivity index (χ0n) is 15.2. The van der Waals surface area contributed by atoms with Crippen molar-refractivity contribution < 1.29 is 5.11 Å². The molecule has 0 fully saturated rings. The summed E-state index contributed by atoms with van der Waals surface area (Å²) in [6, 6.07) is 7.42. The second-order valence-electron chi connectivity index (χ2n) is 6.90. The van der Waals surface area contributed by atoms with Gasteiger partial charge in [-0.25, -0.2) is 9.78 Å². The summed E-state index contributed by atoms with van der Waals surface area (Å²) in [6.07, 6.45) is 1.78. The van der Waals surface area contributed by atoms with Gasteiger partial charge in [-0.3, -0.25) is 9.13 Å². The van der Waals surface area contributed by atoms with Gasteiger partial charge in [0.1, 0.15) is 11.6 Å². The van der Waals surface area contributed by atoms with E-state index in [0.717, 1.165) is 11.0 Å². The van der Waals surface area contributed by atoms with Gasteiger partial charge in [0.25, 0.3) is 0 Å². The Balaban J connectivity index is 2.03. The molecule has 140 valence electrons. The van der Waals surface area contributed by atoms with Crippen LogP contribution in [0.3, 0.4) is 0 Å². The average molecular weight is 387 g/mol. The van der Waals surface area contributed by atoms with Crippen molar-refractivity contribution in [3.05, 3.63) is 45.7 Å². The van der Waals surface area contributed by atoms with Crippen LogP contribution in [0.2, 0.25) is 5.28 Å². The highest BCUT2D eigenvalue weighted by molar-refractivity contribution is 6.28. The van der Waals surface area contributed by atoms with Gasteiger partial charge in [0, 0.05) is 19.3 Å². The maximum absolute atomic E-state index is 12.6. The van der Waals surface area contributed by atoms with Gasteiger partial charge in [-0.2, -0.15) is 10.2 Å². The molecule has 0 amide bonds. The third kappa shape index (κ3) is 3.94. The number of aryl methyl sites for hydroxylation is 2. The molecule has 0 saturated carbocycles. The largest absolute Gasteiger partial charge is 0.390 e. The Bertz CT molecular complexity index is 1100. The van der Waals surface area contributed by atoms with Crippen molar-refractivity contribution in [3.63, 3.8) is 0 Å². The third-order valence-electron chi connectivity index (χ3n) is 4.24.